The number of nitrogens with one attached hydrogen (secondary N) is 2. The van der Waals surface area contributed by atoms with E-state index in [-0.39, 0.29) is 11.9 Å². The molecule has 2 aromatic rings. The Morgan fingerprint density at radius 3 is 2.46 bits per heavy atom. The fourth-order valence-electron chi connectivity index (χ4n) is 2.73. The first-order valence-corrected chi connectivity index (χ1v) is 9.76. The molecule has 1 unspecified atom stereocenters. The second kappa shape index (κ2) is 9.24. The number of aromatic nitrogens is 1. The second-order valence-electron chi connectivity index (χ2n) is 6.02. The molecule has 3 rings (SSSR count). The standard InChI is InChI=1S/C19H22N4O2S/c24-18(21-16-6-8-20-9-7-16)17(14-15-4-2-1-3-5-15)22-19(25)23-10-12-26-13-11-23/h1-9,17H,10-14H2,(H,22,25)(H,20,21,24). The van der Waals surface area contributed by atoms with E-state index in [1.165, 1.54) is 0 Å². The monoisotopic (exact) mass is 370 g/mol. The minimum atomic E-state index is -0.646. The van der Waals surface area contributed by atoms with Gasteiger partial charge in [0.05, 0.1) is 0 Å². The van der Waals surface area contributed by atoms with Crippen LogP contribution in [0.3, 0.4) is 0 Å². The van der Waals surface area contributed by atoms with Gasteiger partial charge in [-0.05, 0) is 17.7 Å². The van der Waals surface area contributed by atoms with Gasteiger partial charge in [-0.3, -0.25) is 9.78 Å². The maximum absolute atomic E-state index is 12.8. The van der Waals surface area contributed by atoms with Crippen LogP contribution in [-0.4, -0.2) is 52.5 Å². The van der Waals surface area contributed by atoms with E-state index in [0.717, 1.165) is 17.1 Å². The van der Waals surface area contributed by atoms with Gasteiger partial charge in [-0.2, -0.15) is 11.8 Å². The summed E-state index contributed by atoms with van der Waals surface area (Å²) in [7, 11) is 0. The zero-order valence-electron chi connectivity index (χ0n) is 14.4. The molecule has 1 aromatic carbocycles. The molecular weight excluding hydrogens is 348 g/mol. The first-order chi connectivity index (χ1) is 12.7. The molecule has 7 heteroatoms. The summed E-state index contributed by atoms with van der Waals surface area (Å²) in [6, 6.07) is 12.3. The Kier molecular flexibility index (Phi) is 6.49. The summed E-state index contributed by atoms with van der Waals surface area (Å²) >= 11 is 1.84. The molecule has 0 spiro atoms. The molecule has 2 heterocycles. The summed E-state index contributed by atoms with van der Waals surface area (Å²) in [5.41, 5.74) is 1.66. The van der Waals surface area contributed by atoms with Crippen LogP contribution in [-0.2, 0) is 11.2 Å². The summed E-state index contributed by atoms with van der Waals surface area (Å²) in [6.45, 7) is 1.42. The van der Waals surface area contributed by atoms with E-state index >= 15 is 0 Å². The average Bonchev–Trinajstić information content (AvgIpc) is 2.69. The topological polar surface area (TPSA) is 74.3 Å². The van der Waals surface area contributed by atoms with E-state index in [9.17, 15) is 9.59 Å². The summed E-state index contributed by atoms with van der Waals surface area (Å²) in [5, 5.41) is 5.76. The minimum Gasteiger partial charge on any atom is -0.326 e. The molecule has 136 valence electrons. The van der Waals surface area contributed by atoms with Gasteiger partial charge in [-0.15, -0.1) is 0 Å². The molecule has 0 bridgehead atoms. The van der Waals surface area contributed by atoms with Crippen LogP contribution < -0.4 is 10.6 Å². The number of carbonyl (C=O) groups is 2. The Balaban J connectivity index is 1.70. The summed E-state index contributed by atoms with van der Waals surface area (Å²) in [4.78, 5) is 31.1. The van der Waals surface area contributed by atoms with Crippen LogP contribution in [0.5, 0.6) is 0 Å². The molecule has 1 aromatic heterocycles. The van der Waals surface area contributed by atoms with Gasteiger partial charge in [0.1, 0.15) is 6.04 Å². The molecule has 0 saturated carbocycles. The predicted octanol–water partition coefficient (Wildman–Crippen LogP) is 2.39. The highest BCUT2D eigenvalue weighted by Gasteiger charge is 2.25. The molecule has 2 N–H and O–H groups in total. The molecule has 1 aliphatic rings. The van der Waals surface area contributed by atoms with Gasteiger partial charge in [0.2, 0.25) is 5.91 Å². The molecule has 1 aliphatic heterocycles. The lowest BCUT2D eigenvalue weighted by molar-refractivity contribution is -0.118. The van der Waals surface area contributed by atoms with Crippen molar-refractivity contribution in [2.24, 2.45) is 0 Å². The van der Waals surface area contributed by atoms with Crippen molar-refractivity contribution in [1.29, 1.82) is 0 Å². The third-order valence-electron chi connectivity index (χ3n) is 4.14. The molecular formula is C19H22N4O2S. The zero-order valence-corrected chi connectivity index (χ0v) is 15.2. The minimum absolute atomic E-state index is 0.184. The van der Waals surface area contributed by atoms with Gasteiger partial charge >= 0.3 is 6.03 Å². The van der Waals surface area contributed by atoms with Gasteiger partial charge in [0, 0.05) is 49.1 Å². The van der Waals surface area contributed by atoms with E-state index in [4.69, 9.17) is 0 Å². The van der Waals surface area contributed by atoms with Gasteiger partial charge in [0.25, 0.3) is 0 Å². The summed E-state index contributed by atoms with van der Waals surface area (Å²) in [6.07, 6.45) is 3.67. The van der Waals surface area contributed by atoms with E-state index in [2.05, 4.69) is 15.6 Å². The van der Waals surface area contributed by atoms with E-state index in [1.807, 2.05) is 42.1 Å². The molecule has 0 radical (unpaired) electrons. The lowest BCUT2D eigenvalue weighted by Crippen LogP contribution is -2.52. The third-order valence-corrected chi connectivity index (χ3v) is 5.09. The van der Waals surface area contributed by atoms with Crippen LogP contribution in [0.2, 0.25) is 0 Å². The normalized spacial score (nSPS) is 15.2. The highest BCUT2D eigenvalue weighted by atomic mass is 32.2. The first-order valence-electron chi connectivity index (χ1n) is 8.60. The number of nitrogens with zero attached hydrogens (tertiary/aromatic N) is 2. The SMILES string of the molecule is O=C(Nc1ccncc1)C(Cc1ccccc1)NC(=O)N1CCSCC1. The lowest BCUT2D eigenvalue weighted by atomic mass is 10.1. The van der Waals surface area contributed by atoms with Crippen molar-refractivity contribution < 1.29 is 9.59 Å². The summed E-state index contributed by atoms with van der Waals surface area (Å²) in [5.74, 6) is 1.62. The Bertz CT molecular complexity index is 721. The fraction of sp³-hybridized carbons (Fsp3) is 0.316. The first kappa shape index (κ1) is 18.3. The highest BCUT2D eigenvalue weighted by molar-refractivity contribution is 7.99. The number of hydrogen-bond donors (Lipinski definition) is 2. The average molecular weight is 370 g/mol. The van der Waals surface area contributed by atoms with Crippen LogP contribution in [0.15, 0.2) is 54.9 Å². The van der Waals surface area contributed by atoms with Gasteiger partial charge < -0.3 is 15.5 Å². The molecule has 1 saturated heterocycles. The number of anilines is 1. The number of pyridine rings is 1. The maximum Gasteiger partial charge on any atom is 0.318 e. The second-order valence-corrected chi connectivity index (χ2v) is 7.24. The van der Waals surface area contributed by atoms with Gasteiger partial charge in [0.15, 0.2) is 0 Å². The van der Waals surface area contributed by atoms with E-state index in [0.29, 0.717) is 25.2 Å². The van der Waals surface area contributed by atoms with E-state index in [1.54, 1.807) is 29.4 Å². The molecule has 26 heavy (non-hydrogen) atoms. The van der Waals surface area contributed by atoms with Crippen molar-refractivity contribution in [3.05, 3.63) is 60.4 Å². The number of thioether (sulfide) groups is 1. The van der Waals surface area contributed by atoms with Crippen LogP contribution in [0.1, 0.15) is 5.56 Å². The number of rotatable bonds is 5. The molecule has 1 fully saturated rings. The van der Waals surface area contributed by atoms with Crippen molar-refractivity contribution >= 4 is 29.4 Å². The van der Waals surface area contributed by atoms with Crippen molar-refractivity contribution in [3.63, 3.8) is 0 Å². The van der Waals surface area contributed by atoms with E-state index < -0.39 is 6.04 Å². The van der Waals surface area contributed by atoms with Crippen LogP contribution in [0.25, 0.3) is 0 Å². The van der Waals surface area contributed by atoms with Crippen LogP contribution >= 0.6 is 11.8 Å². The van der Waals surface area contributed by atoms with Crippen molar-refractivity contribution in [2.45, 2.75) is 12.5 Å². The summed E-state index contributed by atoms with van der Waals surface area (Å²) < 4.78 is 0. The smallest absolute Gasteiger partial charge is 0.318 e. The van der Waals surface area contributed by atoms with Crippen LogP contribution in [0, 0.1) is 0 Å². The Hall–Kier alpha value is -2.54. The largest absolute Gasteiger partial charge is 0.326 e. The number of amides is 3. The van der Waals surface area contributed by atoms with Crippen molar-refractivity contribution in [2.75, 3.05) is 29.9 Å². The molecule has 0 aliphatic carbocycles. The number of hydrogen-bond acceptors (Lipinski definition) is 4. The molecule has 1 atom stereocenters. The predicted molar refractivity (Wildman–Crippen MR) is 104 cm³/mol. The fourth-order valence-corrected chi connectivity index (χ4v) is 3.63. The Morgan fingerprint density at radius 1 is 1.08 bits per heavy atom. The van der Waals surface area contributed by atoms with Crippen molar-refractivity contribution in [3.8, 4) is 0 Å². The zero-order chi connectivity index (χ0) is 18.2. The quantitative estimate of drug-likeness (QED) is 0.848. The number of benzene rings is 1. The van der Waals surface area contributed by atoms with Crippen LogP contribution in [0.4, 0.5) is 10.5 Å². The van der Waals surface area contributed by atoms with Crippen molar-refractivity contribution in [1.82, 2.24) is 15.2 Å². The van der Waals surface area contributed by atoms with Gasteiger partial charge in [-0.25, -0.2) is 4.79 Å². The number of urea groups is 1. The third kappa shape index (κ3) is 5.23. The Labute approximate surface area is 157 Å². The molecule has 6 nitrogen and oxygen atoms in total. The maximum atomic E-state index is 12.8. The highest BCUT2D eigenvalue weighted by Crippen LogP contribution is 2.11. The van der Waals surface area contributed by atoms with Gasteiger partial charge in [-0.1, -0.05) is 30.3 Å². The lowest BCUT2D eigenvalue weighted by Gasteiger charge is -2.29. The Morgan fingerprint density at radius 2 is 1.77 bits per heavy atom. The molecule has 3 amide bonds. The number of carbonyl (C=O) groups excluding carboxylic acids is 2.